The molecular weight excluding hydrogens is 240 g/mol. The van der Waals surface area contributed by atoms with Gasteiger partial charge in [-0.05, 0) is 12.1 Å². The van der Waals surface area contributed by atoms with Crippen LogP contribution < -0.4 is 0 Å². The summed E-state index contributed by atoms with van der Waals surface area (Å²) in [5.41, 5.74) is 0.296. The van der Waals surface area contributed by atoms with Gasteiger partial charge >= 0.3 is 17.9 Å². The van der Waals surface area contributed by atoms with E-state index in [1.54, 1.807) is 18.2 Å². The zero-order valence-corrected chi connectivity index (χ0v) is 9.66. The monoisotopic (exact) mass is 252 g/mol. The molecule has 0 amide bonds. The van der Waals surface area contributed by atoms with E-state index >= 15 is 0 Å². The molecule has 0 spiro atoms. The van der Waals surface area contributed by atoms with Gasteiger partial charge in [0.15, 0.2) is 0 Å². The molecule has 96 valence electrons. The molecule has 0 bridgehead atoms. The van der Waals surface area contributed by atoms with E-state index in [1.807, 2.05) is 0 Å². The Balaban J connectivity index is 2.55. The largest absolute Gasteiger partial charge is 0.478 e. The van der Waals surface area contributed by atoms with Crippen LogP contribution in [0.3, 0.4) is 0 Å². The summed E-state index contributed by atoms with van der Waals surface area (Å²) in [4.78, 5) is 32.9. The lowest BCUT2D eigenvalue weighted by molar-refractivity contribution is -0.165. The van der Waals surface area contributed by atoms with Crippen molar-refractivity contribution in [2.75, 3.05) is 6.61 Å². The molecule has 0 aromatic heterocycles. The van der Waals surface area contributed by atoms with Crippen molar-refractivity contribution in [1.29, 1.82) is 0 Å². The summed E-state index contributed by atoms with van der Waals surface area (Å²) in [6.45, 7) is 0.553. The normalized spacial score (nSPS) is 11.4. The molecule has 1 rings (SSSR count). The first-order chi connectivity index (χ1) is 8.50. The molecule has 0 unspecified atom stereocenters. The van der Waals surface area contributed by atoms with Crippen LogP contribution in [0.15, 0.2) is 30.3 Å². The smallest absolute Gasteiger partial charge is 0.348 e. The van der Waals surface area contributed by atoms with Gasteiger partial charge in [-0.25, -0.2) is 9.59 Å². The van der Waals surface area contributed by atoms with Gasteiger partial charge in [0, 0.05) is 6.92 Å². The predicted molar refractivity (Wildman–Crippen MR) is 59.9 cm³/mol. The fourth-order valence-corrected chi connectivity index (χ4v) is 1.16. The standard InChI is InChI=1S/C12H12O6/c1-8(13)18-10(11(14)15)7-17-12(16)9-5-3-2-4-6-9/h2-6,10H,7H2,1H3,(H,14,15)/t10-/m0/s1. The molecule has 0 saturated carbocycles. The highest BCUT2D eigenvalue weighted by atomic mass is 16.6. The van der Waals surface area contributed by atoms with Crippen LogP contribution in [0.1, 0.15) is 17.3 Å². The summed E-state index contributed by atoms with van der Waals surface area (Å²) >= 11 is 0. The van der Waals surface area contributed by atoms with E-state index in [-0.39, 0.29) is 0 Å². The van der Waals surface area contributed by atoms with Crippen molar-refractivity contribution in [1.82, 2.24) is 0 Å². The number of benzene rings is 1. The van der Waals surface area contributed by atoms with Crippen molar-refractivity contribution < 1.29 is 29.0 Å². The van der Waals surface area contributed by atoms with Crippen LogP contribution in [0.5, 0.6) is 0 Å². The van der Waals surface area contributed by atoms with Crippen molar-refractivity contribution >= 4 is 17.9 Å². The number of carbonyl (C=O) groups excluding carboxylic acids is 2. The first-order valence-corrected chi connectivity index (χ1v) is 5.13. The number of carbonyl (C=O) groups is 3. The van der Waals surface area contributed by atoms with Crippen LogP contribution in [-0.2, 0) is 19.1 Å². The number of carboxylic acids is 1. The second-order valence-corrected chi connectivity index (χ2v) is 3.40. The van der Waals surface area contributed by atoms with E-state index in [0.717, 1.165) is 6.92 Å². The van der Waals surface area contributed by atoms with E-state index in [2.05, 4.69) is 4.74 Å². The fraction of sp³-hybridized carbons (Fsp3) is 0.250. The summed E-state index contributed by atoms with van der Waals surface area (Å²) in [7, 11) is 0. The topological polar surface area (TPSA) is 89.9 Å². The Morgan fingerprint density at radius 3 is 2.33 bits per heavy atom. The number of ether oxygens (including phenoxy) is 2. The summed E-state index contributed by atoms with van der Waals surface area (Å²) in [5.74, 6) is -2.79. The number of carboxylic acid groups (broad SMARTS) is 1. The molecule has 0 aliphatic heterocycles. The zero-order valence-electron chi connectivity index (χ0n) is 9.66. The Bertz CT molecular complexity index is 439. The van der Waals surface area contributed by atoms with Crippen LogP contribution in [0.25, 0.3) is 0 Å². The van der Waals surface area contributed by atoms with Gasteiger partial charge in [0.25, 0.3) is 0 Å². The molecule has 1 aromatic carbocycles. The maximum Gasteiger partial charge on any atom is 0.348 e. The van der Waals surface area contributed by atoms with Crippen molar-refractivity contribution in [2.45, 2.75) is 13.0 Å². The number of esters is 2. The highest BCUT2D eigenvalue weighted by Gasteiger charge is 2.23. The second kappa shape index (κ2) is 6.39. The number of hydrogen-bond donors (Lipinski definition) is 1. The predicted octanol–water partition coefficient (Wildman–Crippen LogP) is 0.860. The van der Waals surface area contributed by atoms with Gasteiger partial charge in [0.1, 0.15) is 6.61 Å². The maximum atomic E-state index is 11.5. The van der Waals surface area contributed by atoms with Crippen molar-refractivity contribution in [3.63, 3.8) is 0 Å². The van der Waals surface area contributed by atoms with Gasteiger partial charge in [-0.3, -0.25) is 4.79 Å². The zero-order chi connectivity index (χ0) is 13.5. The molecule has 1 atom stereocenters. The summed E-state index contributed by atoms with van der Waals surface area (Å²) in [6.07, 6.45) is -1.49. The number of hydrogen-bond acceptors (Lipinski definition) is 5. The van der Waals surface area contributed by atoms with Crippen molar-refractivity contribution in [3.05, 3.63) is 35.9 Å². The molecule has 0 saturated heterocycles. The van der Waals surface area contributed by atoms with Crippen molar-refractivity contribution in [3.8, 4) is 0 Å². The molecule has 0 radical (unpaired) electrons. The first-order valence-electron chi connectivity index (χ1n) is 5.13. The molecule has 6 nitrogen and oxygen atoms in total. The molecule has 0 aliphatic carbocycles. The van der Waals surface area contributed by atoms with E-state index in [1.165, 1.54) is 12.1 Å². The van der Waals surface area contributed by atoms with Gasteiger partial charge in [0.2, 0.25) is 6.10 Å². The Hall–Kier alpha value is -2.37. The van der Waals surface area contributed by atoms with Gasteiger partial charge in [-0.15, -0.1) is 0 Å². The Morgan fingerprint density at radius 2 is 1.83 bits per heavy atom. The van der Waals surface area contributed by atoms with Gasteiger partial charge < -0.3 is 14.6 Å². The van der Waals surface area contributed by atoms with E-state index in [4.69, 9.17) is 9.84 Å². The fourth-order valence-electron chi connectivity index (χ4n) is 1.16. The van der Waals surface area contributed by atoms with Crippen LogP contribution in [-0.4, -0.2) is 35.7 Å². The molecule has 18 heavy (non-hydrogen) atoms. The molecule has 1 aromatic rings. The molecule has 0 fully saturated rings. The van der Waals surface area contributed by atoms with Gasteiger partial charge in [-0.2, -0.15) is 0 Å². The second-order valence-electron chi connectivity index (χ2n) is 3.40. The lowest BCUT2D eigenvalue weighted by Gasteiger charge is -2.12. The lowest BCUT2D eigenvalue weighted by atomic mass is 10.2. The average Bonchev–Trinajstić information content (AvgIpc) is 2.34. The molecule has 6 heteroatoms. The van der Waals surface area contributed by atoms with Crippen LogP contribution in [0.4, 0.5) is 0 Å². The summed E-state index contributed by atoms with van der Waals surface area (Å²) in [5, 5.41) is 8.74. The third-order valence-electron chi connectivity index (χ3n) is 1.96. The van der Waals surface area contributed by atoms with Crippen LogP contribution >= 0.6 is 0 Å². The quantitative estimate of drug-likeness (QED) is 0.781. The third kappa shape index (κ3) is 4.25. The molecule has 1 N–H and O–H groups in total. The Labute approximate surface area is 103 Å². The minimum Gasteiger partial charge on any atom is -0.478 e. The minimum absolute atomic E-state index is 0.296. The number of rotatable bonds is 5. The summed E-state index contributed by atoms with van der Waals surface area (Å²) in [6, 6.07) is 8.10. The minimum atomic E-state index is -1.49. The highest BCUT2D eigenvalue weighted by molar-refractivity contribution is 5.89. The van der Waals surface area contributed by atoms with Crippen LogP contribution in [0, 0.1) is 0 Å². The van der Waals surface area contributed by atoms with E-state index in [0.29, 0.717) is 5.56 Å². The summed E-state index contributed by atoms with van der Waals surface area (Å²) < 4.78 is 9.24. The third-order valence-corrected chi connectivity index (χ3v) is 1.96. The lowest BCUT2D eigenvalue weighted by Crippen LogP contribution is -2.32. The molecule has 0 aliphatic rings. The SMILES string of the molecule is CC(=O)O[C@@H](COC(=O)c1ccccc1)C(=O)O. The Morgan fingerprint density at radius 1 is 1.22 bits per heavy atom. The van der Waals surface area contributed by atoms with Crippen molar-refractivity contribution in [2.24, 2.45) is 0 Å². The first kappa shape index (κ1) is 13.7. The molecule has 0 heterocycles. The molecular formula is C12H12O6. The van der Waals surface area contributed by atoms with E-state index < -0.39 is 30.6 Å². The van der Waals surface area contributed by atoms with Crippen LogP contribution in [0.2, 0.25) is 0 Å². The average molecular weight is 252 g/mol. The number of aliphatic carboxylic acids is 1. The highest BCUT2D eigenvalue weighted by Crippen LogP contribution is 2.03. The van der Waals surface area contributed by atoms with Gasteiger partial charge in [0.05, 0.1) is 5.56 Å². The maximum absolute atomic E-state index is 11.5. The van der Waals surface area contributed by atoms with Gasteiger partial charge in [-0.1, -0.05) is 18.2 Å². The Kier molecular flexibility index (Phi) is 4.86. The van der Waals surface area contributed by atoms with E-state index in [9.17, 15) is 14.4 Å².